The lowest BCUT2D eigenvalue weighted by Gasteiger charge is -2.16. The average Bonchev–Trinajstić information content (AvgIpc) is 3.21. The van der Waals surface area contributed by atoms with Gasteiger partial charge < -0.3 is 14.8 Å². The minimum absolute atomic E-state index is 0.0891. The van der Waals surface area contributed by atoms with Crippen molar-refractivity contribution in [1.29, 1.82) is 0 Å². The molecule has 0 amide bonds. The topological polar surface area (TPSA) is 108 Å². The second-order valence-electron chi connectivity index (χ2n) is 7.78. The Morgan fingerprint density at radius 2 is 1.86 bits per heavy atom. The standard InChI is InChI=1S/C24H16F3N3O4S/c25-24(26,27)13-5-3-4-12(10-13)18-8-9-19(34-18)16-11-17(20-21(31)30-23(33)35-22(20)32)29-15-7-2-1-6-14(15)28-16/h1-10,16,28,32H,11H2,(H,30,31,33). The van der Waals surface area contributed by atoms with Gasteiger partial charge in [0.25, 0.3) is 5.56 Å². The summed E-state index contributed by atoms with van der Waals surface area (Å²) in [6.45, 7) is 0. The molecule has 7 nitrogen and oxygen atoms in total. The molecule has 178 valence electrons. The molecule has 0 saturated heterocycles. The van der Waals surface area contributed by atoms with Gasteiger partial charge in [0, 0.05) is 12.0 Å². The highest BCUT2D eigenvalue weighted by molar-refractivity contribution is 7.11. The molecule has 2 aromatic heterocycles. The lowest BCUT2D eigenvalue weighted by Crippen LogP contribution is -2.25. The van der Waals surface area contributed by atoms with Crippen molar-refractivity contribution in [3.8, 4) is 16.4 Å². The van der Waals surface area contributed by atoms with Crippen LogP contribution in [-0.2, 0) is 6.18 Å². The Morgan fingerprint density at radius 3 is 2.63 bits per heavy atom. The van der Waals surface area contributed by atoms with Gasteiger partial charge in [-0.1, -0.05) is 24.3 Å². The van der Waals surface area contributed by atoms with Gasteiger partial charge in [0.1, 0.15) is 17.1 Å². The predicted molar refractivity (Wildman–Crippen MR) is 126 cm³/mol. The highest BCUT2D eigenvalue weighted by atomic mass is 32.1. The van der Waals surface area contributed by atoms with Gasteiger partial charge in [-0.05, 0) is 47.7 Å². The summed E-state index contributed by atoms with van der Waals surface area (Å²) in [5.74, 6) is 0.629. The number of halogens is 3. The second kappa shape index (κ2) is 8.58. The Bertz CT molecular complexity index is 1570. The van der Waals surface area contributed by atoms with E-state index in [1.807, 2.05) is 0 Å². The molecule has 3 N–H and O–H groups in total. The molecule has 1 atom stereocenters. The van der Waals surface area contributed by atoms with Crippen LogP contribution in [0.15, 0.2) is 79.7 Å². The van der Waals surface area contributed by atoms with Crippen LogP contribution in [0.5, 0.6) is 5.06 Å². The zero-order valence-electron chi connectivity index (χ0n) is 17.7. The fraction of sp³-hybridized carbons (Fsp3) is 0.125. The van der Waals surface area contributed by atoms with E-state index in [2.05, 4.69) is 15.3 Å². The minimum Gasteiger partial charge on any atom is -0.499 e. The van der Waals surface area contributed by atoms with Crippen molar-refractivity contribution < 1.29 is 22.7 Å². The summed E-state index contributed by atoms with van der Waals surface area (Å²) < 4.78 is 45.3. The van der Waals surface area contributed by atoms with E-state index in [9.17, 15) is 27.9 Å². The first-order valence-electron chi connectivity index (χ1n) is 10.4. The van der Waals surface area contributed by atoms with Crippen LogP contribution >= 0.6 is 11.3 Å². The molecule has 1 aliphatic heterocycles. The number of anilines is 1. The molecule has 3 heterocycles. The van der Waals surface area contributed by atoms with Crippen LogP contribution in [0.2, 0.25) is 0 Å². The lowest BCUT2D eigenvalue weighted by molar-refractivity contribution is -0.137. The molecule has 11 heteroatoms. The smallest absolute Gasteiger partial charge is 0.416 e. The zero-order chi connectivity index (χ0) is 24.7. The first-order chi connectivity index (χ1) is 16.7. The zero-order valence-corrected chi connectivity index (χ0v) is 18.5. The molecular formula is C24H16F3N3O4S. The van der Waals surface area contributed by atoms with Crippen LogP contribution in [0.1, 0.15) is 29.3 Å². The monoisotopic (exact) mass is 499 g/mol. The number of aliphatic imine (C=N–C) groups is 1. The quantitative estimate of drug-likeness (QED) is 0.347. The van der Waals surface area contributed by atoms with Crippen molar-refractivity contribution in [2.75, 3.05) is 5.32 Å². The van der Waals surface area contributed by atoms with Gasteiger partial charge in [0.15, 0.2) is 5.06 Å². The van der Waals surface area contributed by atoms with Crippen molar-refractivity contribution >= 4 is 28.4 Å². The Kier molecular flexibility index (Phi) is 5.56. The van der Waals surface area contributed by atoms with E-state index in [0.29, 0.717) is 28.5 Å². The summed E-state index contributed by atoms with van der Waals surface area (Å²) in [5, 5.41) is 13.2. The van der Waals surface area contributed by atoms with Crippen molar-refractivity contribution in [3.63, 3.8) is 0 Å². The van der Waals surface area contributed by atoms with Crippen molar-refractivity contribution in [2.45, 2.75) is 18.6 Å². The maximum atomic E-state index is 13.1. The van der Waals surface area contributed by atoms with E-state index in [4.69, 9.17) is 4.42 Å². The second-order valence-corrected chi connectivity index (χ2v) is 8.74. The van der Waals surface area contributed by atoms with Gasteiger partial charge in [0.05, 0.1) is 28.7 Å². The van der Waals surface area contributed by atoms with Crippen LogP contribution in [0.4, 0.5) is 24.5 Å². The molecule has 0 radical (unpaired) electrons. The van der Waals surface area contributed by atoms with Gasteiger partial charge in [-0.15, -0.1) is 0 Å². The van der Waals surface area contributed by atoms with Gasteiger partial charge >= 0.3 is 11.0 Å². The molecule has 4 aromatic rings. The van der Waals surface area contributed by atoms with Crippen LogP contribution in [0.3, 0.4) is 0 Å². The first-order valence-corrected chi connectivity index (χ1v) is 11.2. The Labute approximate surface area is 199 Å². The fourth-order valence-electron chi connectivity index (χ4n) is 3.86. The number of alkyl halides is 3. The number of fused-ring (bicyclic) bond motifs is 1. The number of aromatic hydroxyl groups is 1. The molecule has 0 spiro atoms. The number of nitrogens with zero attached hydrogens (tertiary/aromatic N) is 1. The van der Waals surface area contributed by atoms with Crippen molar-refractivity contribution in [3.05, 3.63) is 97.6 Å². The maximum absolute atomic E-state index is 13.1. The van der Waals surface area contributed by atoms with E-state index < -0.39 is 33.3 Å². The summed E-state index contributed by atoms with van der Waals surface area (Å²) >= 11 is 0.484. The Balaban J connectivity index is 1.56. The average molecular weight is 499 g/mol. The molecular weight excluding hydrogens is 483 g/mol. The number of benzene rings is 2. The number of para-hydroxylation sites is 2. The number of aromatic nitrogens is 1. The summed E-state index contributed by atoms with van der Waals surface area (Å²) in [7, 11) is 0. The lowest BCUT2D eigenvalue weighted by atomic mass is 10.0. The molecule has 0 bridgehead atoms. The van der Waals surface area contributed by atoms with Gasteiger partial charge in [-0.3, -0.25) is 19.6 Å². The first kappa shape index (κ1) is 22.7. The van der Waals surface area contributed by atoms with Gasteiger partial charge in [0.2, 0.25) is 0 Å². The van der Waals surface area contributed by atoms with Gasteiger partial charge in [-0.25, -0.2) is 0 Å². The minimum atomic E-state index is -4.49. The Morgan fingerprint density at radius 1 is 1.06 bits per heavy atom. The van der Waals surface area contributed by atoms with E-state index in [1.54, 1.807) is 36.4 Å². The molecule has 5 rings (SSSR count). The molecule has 0 aliphatic carbocycles. The summed E-state index contributed by atoms with van der Waals surface area (Å²) in [5.41, 5.74) is -0.0683. The maximum Gasteiger partial charge on any atom is 0.416 e. The summed E-state index contributed by atoms with van der Waals surface area (Å²) in [6, 6.07) is 14.5. The van der Waals surface area contributed by atoms with E-state index in [1.165, 1.54) is 12.1 Å². The molecule has 2 aromatic carbocycles. The van der Waals surface area contributed by atoms with Gasteiger partial charge in [-0.2, -0.15) is 13.2 Å². The number of hydrogen-bond donors (Lipinski definition) is 3. The van der Waals surface area contributed by atoms with Crippen molar-refractivity contribution in [2.24, 2.45) is 4.99 Å². The van der Waals surface area contributed by atoms with Crippen molar-refractivity contribution in [1.82, 2.24) is 4.98 Å². The van der Waals surface area contributed by atoms with E-state index >= 15 is 0 Å². The summed E-state index contributed by atoms with van der Waals surface area (Å²) in [6.07, 6.45) is -4.40. The third kappa shape index (κ3) is 4.50. The number of aromatic amines is 1. The van der Waals surface area contributed by atoms with E-state index in [-0.39, 0.29) is 29.0 Å². The third-order valence-corrected chi connectivity index (χ3v) is 6.15. The third-order valence-electron chi connectivity index (χ3n) is 5.47. The molecule has 0 fully saturated rings. The number of H-pyrrole nitrogens is 1. The number of furan rings is 1. The predicted octanol–water partition coefficient (Wildman–Crippen LogP) is 5.46. The highest BCUT2D eigenvalue weighted by Gasteiger charge is 2.31. The largest absolute Gasteiger partial charge is 0.499 e. The summed E-state index contributed by atoms with van der Waals surface area (Å²) in [4.78, 5) is 30.1. The fourth-order valence-corrected chi connectivity index (χ4v) is 4.49. The molecule has 1 unspecified atom stereocenters. The molecule has 35 heavy (non-hydrogen) atoms. The normalized spacial score (nSPS) is 15.6. The number of hydrogen-bond acceptors (Lipinski definition) is 7. The highest BCUT2D eigenvalue weighted by Crippen LogP contribution is 2.38. The molecule has 0 saturated carbocycles. The van der Waals surface area contributed by atoms with Crippen LogP contribution in [0.25, 0.3) is 11.3 Å². The van der Waals surface area contributed by atoms with E-state index in [0.717, 1.165) is 12.1 Å². The molecule has 1 aliphatic rings. The number of rotatable bonds is 3. The van der Waals surface area contributed by atoms with Crippen LogP contribution in [0, 0.1) is 0 Å². The number of nitrogens with one attached hydrogen (secondary N) is 2. The van der Waals surface area contributed by atoms with Crippen LogP contribution < -0.4 is 15.7 Å². The Hall–Kier alpha value is -4.12. The SMILES string of the molecule is O=c1[nH]c(=O)c(C2=Nc3ccccc3NC(c3ccc(-c4cccc(C(F)(F)F)c4)o3)C2)c(O)s1. The van der Waals surface area contributed by atoms with Crippen LogP contribution in [-0.4, -0.2) is 15.8 Å².